The van der Waals surface area contributed by atoms with Crippen LogP contribution in [0.2, 0.25) is 0 Å². The quantitative estimate of drug-likeness (QED) is 0.814. The molecule has 1 aliphatic rings. The van der Waals surface area contributed by atoms with E-state index in [0.29, 0.717) is 0 Å². The van der Waals surface area contributed by atoms with Gasteiger partial charge >= 0.3 is 0 Å². The highest BCUT2D eigenvalue weighted by Gasteiger charge is 2.31. The van der Waals surface area contributed by atoms with Crippen LogP contribution in [-0.2, 0) is 4.74 Å². The predicted octanol–water partition coefficient (Wildman–Crippen LogP) is 3.87. The fourth-order valence-electron chi connectivity index (χ4n) is 2.32. The van der Waals surface area contributed by atoms with E-state index >= 15 is 0 Å². The molecule has 0 spiro atoms. The van der Waals surface area contributed by atoms with Gasteiger partial charge in [0.1, 0.15) is 29.3 Å². The maximum atomic E-state index is 13.8. The molecule has 0 radical (unpaired) electrons. The molecule has 4 heteroatoms. The zero-order valence-corrected chi connectivity index (χ0v) is 10.9. The number of hydrogen-bond acceptors (Lipinski definition) is 2. The molecule has 0 amide bonds. The lowest BCUT2D eigenvalue weighted by Crippen LogP contribution is -2.14. The third kappa shape index (κ3) is 2.18. The molecule has 0 fully saturated rings. The number of benzene rings is 2. The van der Waals surface area contributed by atoms with Gasteiger partial charge in [0.2, 0.25) is 5.90 Å². The third-order valence-corrected chi connectivity index (χ3v) is 3.32. The van der Waals surface area contributed by atoms with Crippen molar-refractivity contribution in [3.8, 4) is 0 Å². The van der Waals surface area contributed by atoms with E-state index in [1.165, 1.54) is 18.2 Å². The number of nitrogens with zero attached hydrogens (tertiary/aromatic N) is 1. The van der Waals surface area contributed by atoms with Gasteiger partial charge in [0, 0.05) is 0 Å². The summed E-state index contributed by atoms with van der Waals surface area (Å²) in [6, 6.07) is 13.0. The minimum atomic E-state index is -0.662. The fourth-order valence-corrected chi connectivity index (χ4v) is 2.32. The van der Waals surface area contributed by atoms with E-state index < -0.39 is 11.6 Å². The zero-order valence-electron chi connectivity index (χ0n) is 10.9. The van der Waals surface area contributed by atoms with Gasteiger partial charge in [-0.1, -0.05) is 36.4 Å². The van der Waals surface area contributed by atoms with Crippen LogP contribution in [0.4, 0.5) is 8.78 Å². The Morgan fingerprint density at radius 2 is 1.60 bits per heavy atom. The SMILES string of the molecule is C[C@H]1OC(c2c(F)cccc2F)=N[C@@H]1c1ccccc1. The molecule has 2 aromatic carbocycles. The summed E-state index contributed by atoms with van der Waals surface area (Å²) in [6.45, 7) is 1.84. The van der Waals surface area contributed by atoms with Gasteiger partial charge in [0.15, 0.2) is 0 Å². The number of hydrogen-bond donors (Lipinski definition) is 0. The molecule has 0 saturated heterocycles. The van der Waals surface area contributed by atoms with Crippen LogP contribution in [0.5, 0.6) is 0 Å². The van der Waals surface area contributed by atoms with E-state index in [-0.39, 0.29) is 23.6 Å². The van der Waals surface area contributed by atoms with E-state index in [4.69, 9.17) is 4.74 Å². The first-order chi connectivity index (χ1) is 9.66. The Morgan fingerprint density at radius 3 is 2.25 bits per heavy atom. The number of ether oxygens (including phenoxy) is 1. The average molecular weight is 273 g/mol. The minimum Gasteiger partial charge on any atom is -0.472 e. The van der Waals surface area contributed by atoms with Crippen LogP contribution in [0.1, 0.15) is 24.1 Å². The van der Waals surface area contributed by atoms with Gasteiger partial charge < -0.3 is 4.74 Å². The molecule has 1 aliphatic heterocycles. The first-order valence-electron chi connectivity index (χ1n) is 6.40. The summed E-state index contributed by atoms with van der Waals surface area (Å²) < 4.78 is 33.1. The van der Waals surface area contributed by atoms with Crippen LogP contribution in [0.3, 0.4) is 0 Å². The zero-order chi connectivity index (χ0) is 14.1. The molecule has 2 atom stereocenters. The van der Waals surface area contributed by atoms with E-state index in [1.54, 1.807) is 0 Å². The highest BCUT2D eigenvalue weighted by atomic mass is 19.1. The Labute approximate surface area is 115 Å². The van der Waals surface area contributed by atoms with Gasteiger partial charge in [0.05, 0.1) is 0 Å². The van der Waals surface area contributed by atoms with Gasteiger partial charge in [-0.15, -0.1) is 0 Å². The first kappa shape index (κ1) is 12.8. The number of rotatable bonds is 2. The van der Waals surface area contributed by atoms with Crippen LogP contribution < -0.4 is 0 Å². The summed E-state index contributed by atoms with van der Waals surface area (Å²) in [4.78, 5) is 4.35. The second-order valence-electron chi connectivity index (χ2n) is 4.71. The molecule has 2 nitrogen and oxygen atoms in total. The molecule has 0 aromatic heterocycles. The van der Waals surface area contributed by atoms with Gasteiger partial charge in [-0.05, 0) is 24.6 Å². The summed E-state index contributed by atoms with van der Waals surface area (Å²) in [7, 11) is 0. The van der Waals surface area contributed by atoms with Crippen LogP contribution in [-0.4, -0.2) is 12.0 Å². The largest absolute Gasteiger partial charge is 0.472 e. The molecule has 0 N–H and O–H groups in total. The standard InChI is InChI=1S/C16H13F2NO/c1-10-15(11-6-3-2-4-7-11)19-16(20-10)14-12(17)8-5-9-13(14)18/h2-10,15H,1H3/t10-,15+/m1/s1. The topological polar surface area (TPSA) is 21.6 Å². The predicted molar refractivity (Wildman–Crippen MR) is 72.6 cm³/mol. The third-order valence-electron chi connectivity index (χ3n) is 3.32. The smallest absolute Gasteiger partial charge is 0.223 e. The molecule has 102 valence electrons. The second-order valence-corrected chi connectivity index (χ2v) is 4.71. The maximum absolute atomic E-state index is 13.8. The van der Waals surface area contributed by atoms with E-state index in [2.05, 4.69) is 4.99 Å². The molecule has 1 heterocycles. The summed E-state index contributed by atoms with van der Waals surface area (Å²) in [5.41, 5.74) is 0.768. The summed E-state index contributed by atoms with van der Waals surface area (Å²) >= 11 is 0. The van der Waals surface area contributed by atoms with Crippen molar-refractivity contribution in [2.75, 3.05) is 0 Å². The summed E-state index contributed by atoms with van der Waals surface area (Å²) in [6.07, 6.45) is -0.258. The van der Waals surface area contributed by atoms with Crippen molar-refractivity contribution in [3.05, 3.63) is 71.3 Å². The van der Waals surface area contributed by atoms with Gasteiger partial charge in [-0.2, -0.15) is 0 Å². The Kier molecular flexibility index (Phi) is 3.22. The van der Waals surface area contributed by atoms with Crippen LogP contribution >= 0.6 is 0 Å². The molecular formula is C16H13F2NO. The maximum Gasteiger partial charge on any atom is 0.223 e. The Bertz CT molecular complexity index is 635. The van der Waals surface area contributed by atoms with Crippen molar-refractivity contribution in [2.45, 2.75) is 19.1 Å². The molecule has 2 aromatic rings. The molecular weight excluding hydrogens is 260 g/mol. The lowest BCUT2D eigenvalue weighted by molar-refractivity contribution is 0.213. The highest BCUT2D eigenvalue weighted by Crippen LogP contribution is 2.31. The molecule has 0 bridgehead atoms. The van der Waals surface area contributed by atoms with Gasteiger partial charge in [-0.25, -0.2) is 13.8 Å². The van der Waals surface area contributed by atoms with E-state index in [1.807, 2.05) is 37.3 Å². The van der Waals surface area contributed by atoms with Crippen molar-refractivity contribution in [1.29, 1.82) is 0 Å². The highest BCUT2D eigenvalue weighted by molar-refractivity contribution is 5.96. The minimum absolute atomic E-state index is 0.0296. The second kappa shape index (κ2) is 5.04. The van der Waals surface area contributed by atoms with Crippen LogP contribution in [0.15, 0.2) is 53.5 Å². The Hall–Kier alpha value is -2.23. The lowest BCUT2D eigenvalue weighted by Gasteiger charge is -2.12. The van der Waals surface area contributed by atoms with Crippen LogP contribution in [0.25, 0.3) is 0 Å². The van der Waals surface area contributed by atoms with Gasteiger partial charge in [-0.3, -0.25) is 0 Å². The lowest BCUT2D eigenvalue weighted by atomic mass is 10.0. The number of halogens is 2. The van der Waals surface area contributed by atoms with Crippen molar-refractivity contribution >= 4 is 5.90 Å². The van der Waals surface area contributed by atoms with Crippen molar-refractivity contribution in [2.24, 2.45) is 4.99 Å². The molecule has 3 rings (SSSR count). The van der Waals surface area contributed by atoms with E-state index in [0.717, 1.165) is 5.56 Å². The summed E-state index contributed by atoms with van der Waals surface area (Å²) in [5.74, 6) is -1.30. The molecule has 20 heavy (non-hydrogen) atoms. The monoisotopic (exact) mass is 273 g/mol. The molecule has 0 unspecified atom stereocenters. The average Bonchev–Trinajstić information content (AvgIpc) is 2.81. The normalized spacial score (nSPS) is 21.4. The fraction of sp³-hybridized carbons (Fsp3) is 0.188. The van der Waals surface area contributed by atoms with Crippen molar-refractivity contribution in [3.63, 3.8) is 0 Å². The molecule has 0 saturated carbocycles. The molecule has 0 aliphatic carbocycles. The summed E-state index contributed by atoms with van der Waals surface area (Å²) in [5, 5.41) is 0. The van der Waals surface area contributed by atoms with Crippen molar-refractivity contribution in [1.82, 2.24) is 0 Å². The Balaban J connectivity index is 2.01. The van der Waals surface area contributed by atoms with Crippen molar-refractivity contribution < 1.29 is 13.5 Å². The van der Waals surface area contributed by atoms with E-state index in [9.17, 15) is 8.78 Å². The first-order valence-corrected chi connectivity index (χ1v) is 6.40. The van der Waals surface area contributed by atoms with Crippen LogP contribution in [0, 0.1) is 11.6 Å². The Morgan fingerprint density at radius 1 is 0.950 bits per heavy atom. The number of aliphatic imine (C=N–C) groups is 1. The van der Waals surface area contributed by atoms with Gasteiger partial charge in [0.25, 0.3) is 0 Å².